The van der Waals surface area contributed by atoms with Gasteiger partial charge in [0.1, 0.15) is 5.75 Å². The molecule has 4 nitrogen and oxygen atoms in total. The second-order valence-corrected chi connectivity index (χ2v) is 4.44. The van der Waals surface area contributed by atoms with Crippen LogP contribution in [0, 0.1) is 0 Å². The van der Waals surface area contributed by atoms with Gasteiger partial charge in [-0.1, -0.05) is 12.1 Å². The van der Waals surface area contributed by atoms with Crippen LogP contribution in [-0.2, 0) is 11.2 Å². The van der Waals surface area contributed by atoms with Crippen LogP contribution in [0.1, 0.15) is 36.4 Å². The molecule has 17 heavy (non-hydrogen) atoms. The van der Waals surface area contributed by atoms with Gasteiger partial charge in [-0.3, -0.25) is 4.79 Å². The number of nitrogens with one attached hydrogen (secondary N) is 1. The van der Waals surface area contributed by atoms with Crippen LogP contribution in [0.4, 0.5) is 0 Å². The lowest BCUT2D eigenvalue weighted by Gasteiger charge is -2.14. The highest BCUT2D eigenvalue weighted by molar-refractivity contribution is 5.67. The minimum atomic E-state index is -0.793. The number of carbonyl (C=O) groups is 1. The first-order chi connectivity index (χ1) is 8.16. The maximum absolute atomic E-state index is 10.5. The SMILES string of the molecule is O=C(O)CCc1ccc(O)c([C@@H]2CCCN2)c1. The highest BCUT2D eigenvalue weighted by Crippen LogP contribution is 2.31. The number of aryl methyl sites for hydroxylation is 1. The zero-order chi connectivity index (χ0) is 12.3. The van der Waals surface area contributed by atoms with Crippen molar-refractivity contribution in [2.24, 2.45) is 0 Å². The summed E-state index contributed by atoms with van der Waals surface area (Å²) in [6.07, 6.45) is 2.77. The number of carboxylic acids is 1. The Kier molecular flexibility index (Phi) is 3.64. The molecule has 0 spiro atoms. The lowest BCUT2D eigenvalue weighted by atomic mass is 9.99. The van der Waals surface area contributed by atoms with Crippen molar-refractivity contribution in [3.05, 3.63) is 29.3 Å². The minimum Gasteiger partial charge on any atom is -0.508 e. The van der Waals surface area contributed by atoms with Crippen LogP contribution in [0.5, 0.6) is 5.75 Å². The van der Waals surface area contributed by atoms with Crippen molar-refractivity contribution in [1.29, 1.82) is 0 Å². The summed E-state index contributed by atoms with van der Waals surface area (Å²) in [4.78, 5) is 10.5. The number of aliphatic carboxylic acids is 1. The average Bonchev–Trinajstić information content (AvgIpc) is 2.81. The molecule has 4 heteroatoms. The predicted molar refractivity (Wildman–Crippen MR) is 64.0 cm³/mol. The maximum Gasteiger partial charge on any atom is 0.303 e. The first-order valence-corrected chi connectivity index (χ1v) is 5.94. The molecule has 0 saturated carbocycles. The summed E-state index contributed by atoms with van der Waals surface area (Å²) < 4.78 is 0. The fourth-order valence-corrected chi connectivity index (χ4v) is 2.24. The second kappa shape index (κ2) is 5.19. The van der Waals surface area contributed by atoms with E-state index in [-0.39, 0.29) is 12.5 Å². The standard InChI is InChI=1S/C13H17NO3/c15-12-5-3-9(4-6-13(16)17)8-10(12)11-2-1-7-14-11/h3,5,8,11,14-15H,1-2,4,6-7H2,(H,16,17)/t11-/m0/s1. The van der Waals surface area contributed by atoms with Gasteiger partial charge < -0.3 is 15.5 Å². The first kappa shape index (κ1) is 11.9. The monoisotopic (exact) mass is 235 g/mol. The number of carboxylic acid groups (broad SMARTS) is 1. The largest absolute Gasteiger partial charge is 0.508 e. The summed E-state index contributed by atoms with van der Waals surface area (Å²) >= 11 is 0. The number of phenolic OH excluding ortho intramolecular Hbond substituents is 1. The third kappa shape index (κ3) is 2.97. The molecular formula is C13H17NO3. The molecule has 1 heterocycles. The van der Waals surface area contributed by atoms with Crippen LogP contribution in [0.25, 0.3) is 0 Å². The normalized spacial score (nSPS) is 19.4. The minimum absolute atomic E-state index is 0.127. The summed E-state index contributed by atoms with van der Waals surface area (Å²) in [6, 6.07) is 5.57. The van der Waals surface area contributed by atoms with Crippen molar-refractivity contribution in [3.8, 4) is 5.75 Å². The summed E-state index contributed by atoms with van der Waals surface area (Å²) in [5.74, 6) is -0.498. The molecule has 0 radical (unpaired) electrons. The van der Waals surface area contributed by atoms with E-state index in [9.17, 15) is 9.90 Å². The van der Waals surface area contributed by atoms with E-state index in [1.54, 1.807) is 12.1 Å². The number of hydrogen-bond acceptors (Lipinski definition) is 3. The van der Waals surface area contributed by atoms with E-state index in [1.165, 1.54) is 0 Å². The van der Waals surface area contributed by atoms with Crippen LogP contribution in [0.2, 0.25) is 0 Å². The molecule has 1 aromatic carbocycles. The second-order valence-electron chi connectivity index (χ2n) is 4.44. The Hall–Kier alpha value is -1.55. The highest BCUT2D eigenvalue weighted by atomic mass is 16.4. The van der Waals surface area contributed by atoms with Crippen molar-refractivity contribution in [2.45, 2.75) is 31.7 Å². The molecule has 1 aromatic rings. The average molecular weight is 235 g/mol. The van der Waals surface area contributed by atoms with E-state index in [4.69, 9.17) is 5.11 Å². The molecule has 1 saturated heterocycles. The van der Waals surface area contributed by atoms with Gasteiger partial charge in [-0.25, -0.2) is 0 Å². The summed E-state index contributed by atoms with van der Waals surface area (Å²) in [5.41, 5.74) is 1.86. The van der Waals surface area contributed by atoms with Gasteiger partial charge in [0.05, 0.1) is 0 Å². The highest BCUT2D eigenvalue weighted by Gasteiger charge is 2.19. The van der Waals surface area contributed by atoms with Gasteiger partial charge in [0.2, 0.25) is 0 Å². The van der Waals surface area contributed by atoms with Crippen molar-refractivity contribution < 1.29 is 15.0 Å². The van der Waals surface area contributed by atoms with Gasteiger partial charge in [-0.05, 0) is 37.4 Å². The van der Waals surface area contributed by atoms with E-state index in [2.05, 4.69) is 5.32 Å². The molecule has 0 unspecified atom stereocenters. The molecule has 1 fully saturated rings. The molecule has 0 amide bonds. The Morgan fingerprint density at radius 1 is 1.47 bits per heavy atom. The van der Waals surface area contributed by atoms with Gasteiger partial charge in [0, 0.05) is 18.0 Å². The Morgan fingerprint density at radius 2 is 2.29 bits per heavy atom. The lowest BCUT2D eigenvalue weighted by Crippen LogP contribution is -2.13. The Balaban J connectivity index is 2.13. The maximum atomic E-state index is 10.5. The molecule has 0 bridgehead atoms. The fourth-order valence-electron chi connectivity index (χ4n) is 2.24. The van der Waals surface area contributed by atoms with Crippen molar-refractivity contribution in [2.75, 3.05) is 6.54 Å². The molecule has 1 aliphatic heterocycles. The molecule has 0 aliphatic carbocycles. The molecule has 0 aromatic heterocycles. The van der Waals surface area contributed by atoms with Gasteiger partial charge in [-0.15, -0.1) is 0 Å². The smallest absolute Gasteiger partial charge is 0.303 e. The van der Waals surface area contributed by atoms with Crippen molar-refractivity contribution >= 4 is 5.97 Å². The van der Waals surface area contributed by atoms with Crippen molar-refractivity contribution in [1.82, 2.24) is 5.32 Å². The molecule has 1 aliphatic rings. The van der Waals surface area contributed by atoms with Crippen molar-refractivity contribution in [3.63, 3.8) is 0 Å². The van der Waals surface area contributed by atoms with Crippen LogP contribution in [0.3, 0.4) is 0 Å². The Bertz CT molecular complexity index is 411. The molecular weight excluding hydrogens is 218 g/mol. The van der Waals surface area contributed by atoms with E-state index in [0.29, 0.717) is 12.2 Å². The van der Waals surface area contributed by atoms with Crippen LogP contribution in [-0.4, -0.2) is 22.7 Å². The summed E-state index contributed by atoms with van der Waals surface area (Å²) in [6.45, 7) is 0.976. The van der Waals surface area contributed by atoms with Crippen LogP contribution in [0.15, 0.2) is 18.2 Å². The van der Waals surface area contributed by atoms with Gasteiger partial charge in [-0.2, -0.15) is 0 Å². The molecule has 92 valence electrons. The Morgan fingerprint density at radius 3 is 2.94 bits per heavy atom. The number of phenols is 1. The topological polar surface area (TPSA) is 69.6 Å². The molecule has 2 rings (SSSR count). The van der Waals surface area contributed by atoms with E-state index < -0.39 is 5.97 Å². The third-order valence-electron chi connectivity index (χ3n) is 3.16. The first-order valence-electron chi connectivity index (χ1n) is 5.94. The molecule has 1 atom stereocenters. The number of benzene rings is 1. The van der Waals surface area contributed by atoms with Gasteiger partial charge in [0.15, 0.2) is 0 Å². The third-order valence-corrected chi connectivity index (χ3v) is 3.16. The number of rotatable bonds is 4. The van der Waals surface area contributed by atoms with Crippen LogP contribution < -0.4 is 5.32 Å². The number of hydrogen-bond donors (Lipinski definition) is 3. The van der Waals surface area contributed by atoms with Gasteiger partial charge in [0.25, 0.3) is 0 Å². The Labute approximate surface area is 100 Å². The summed E-state index contributed by atoms with van der Waals surface area (Å²) in [5, 5.41) is 21.8. The predicted octanol–water partition coefficient (Wildman–Crippen LogP) is 1.83. The zero-order valence-corrected chi connectivity index (χ0v) is 9.65. The van der Waals surface area contributed by atoms with E-state index in [0.717, 1.165) is 30.5 Å². The van der Waals surface area contributed by atoms with Crippen LogP contribution >= 0.6 is 0 Å². The lowest BCUT2D eigenvalue weighted by molar-refractivity contribution is -0.136. The fraction of sp³-hybridized carbons (Fsp3) is 0.462. The number of aromatic hydroxyl groups is 1. The molecule has 3 N–H and O–H groups in total. The van der Waals surface area contributed by atoms with Gasteiger partial charge >= 0.3 is 5.97 Å². The van der Waals surface area contributed by atoms with E-state index >= 15 is 0 Å². The quantitative estimate of drug-likeness (QED) is 0.744. The summed E-state index contributed by atoms with van der Waals surface area (Å²) in [7, 11) is 0. The zero-order valence-electron chi connectivity index (χ0n) is 9.65. The van der Waals surface area contributed by atoms with E-state index in [1.807, 2.05) is 6.07 Å².